The number of hydrogen-bond donors (Lipinski definition) is 2. The Bertz CT molecular complexity index is 613. The van der Waals surface area contributed by atoms with Crippen molar-refractivity contribution in [2.75, 3.05) is 6.54 Å². The Morgan fingerprint density at radius 3 is 2.62 bits per heavy atom. The average Bonchev–Trinajstić information content (AvgIpc) is 2.47. The fourth-order valence-electron chi connectivity index (χ4n) is 2.19. The van der Waals surface area contributed by atoms with E-state index in [4.69, 9.17) is 17.3 Å². The van der Waals surface area contributed by atoms with Gasteiger partial charge in [0.15, 0.2) is 0 Å². The molecule has 0 aliphatic heterocycles. The van der Waals surface area contributed by atoms with Gasteiger partial charge in [-0.25, -0.2) is 0 Å². The minimum absolute atomic E-state index is 0.0715. The first-order valence-electron chi connectivity index (χ1n) is 6.93. The van der Waals surface area contributed by atoms with E-state index in [0.717, 1.165) is 11.1 Å². The van der Waals surface area contributed by atoms with Crippen LogP contribution < -0.4 is 11.1 Å². The van der Waals surface area contributed by atoms with Gasteiger partial charge in [0.25, 0.3) is 5.91 Å². The highest BCUT2D eigenvalue weighted by molar-refractivity contribution is 6.30. The molecular formula is C17H19ClN2O. The van der Waals surface area contributed by atoms with Crippen molar-refractivity contribution >= 4 is 17.5 Å². The van der Waals surface area contributed by atoms with Gasteiger partial charge in [0.1, 0.15) is 0 Å². The van der Waals surface area contributed by atoms with E-state index < -0.39 is 0 Å². The van der Waals surface area contributed by atoms with Gasteiger partial charge in [0, 0.05) is 23.2 Å². The largest absolute Gasteiger partial charge is 0.352 e. The number of benzene rings is 2. The van der Waals surface area contributed by atoms with Crippen LogP contribution in [0.4, 0.5) is 0 Å². The molecule has 0 spiro atoms. The molecule has 0 heterocycles. The van der Waals surface area contributed by atoms with Crippen LogP contribution in [0.1, 0.15) is 33.9 Å². The predicted molar refractivity (Wildman–Crippen MR) is 86.5 cm³/mol. The molecule has 1 atom stereocenters. The molecule has 1 unspecified atom stereocenters. The smallest absolute Gasteiger partial charge is 0.251 e. The molecule has 0 radical (unpaired) electrons. The highest BCUT2D eigenvalue weighted by Gasteiger charge is 2.10. The van der Waals surface area contributed by atoms with Gasteiger partial charge in [-0.05, 0) is 42.7 Å². The predicted octanol–water partition coefficient (Wildman–Crippen LogP) is 3.47. The zero-order chi connectivity index (χ0) is 15.2. The molecule has 3 nitrogen and oxygen atoms in total. The van der Waals surface area contributed by atoms with E-state index in [0.29, 0.717) is 23.6 Å². The van der Waals surface area contributed by atoms with Crippen LogP contribution in [0, 0.1) is 6.92 Å². The number of aryl methyl sites for hydroxylation is 1. The number of carbonyl (C=O) groups is 1. The highest BCUT2D eigenvalue weighted by atomic mass is 35.5. The monoisotopic (exact) mass is 302 g/mol. The molecular weight excluding hydrogens is 284 g/mol. The molecule has 3 N–H and O–H groups in total. The SMILES string of the molecule is Cc1cc(Cl)ccc1C(=O)NCCC(N)c1ccccc1. The fraction of sp³-hybridized carbons (Fsp3) is 0.235. The van der Waals surface area contributed by atoms with Gasteiger partial charge in [-0.1, -0.05) is 41.9 Å². The van der Waals surface area contributed by atoms with E-state index in [-0.39, 0.29) is 11.9 Å². The Labute approximate surface area is 130 Å². The van der Waals surface area contributed by atoms with Gasteiger partial charge in [-0.15, -0.1) is 0 Å². The zero-order valence-electron chi connectivity index (χ0n) is 12.0. The lowest BCUT2D eigenvalue weighted by Gasteiger charge is -2.13. The van der Waals surface area contributed by atoms with E-state index in [2.05, 4.69) is 5.32 Å². The summed E-state index contributed by atoms with van der Waals surface area (Å²) in [5.41, 5.74) is 8.69. The summed E-state index contributed by atoms with van der Waals surface area (Å²) in [6, 6.07) is 15.1. The molecule has 2 rings (SSSR count). The number of hydrogen-bond acceptors (Lipinski definition) is 2. The summed E-state index contributed by atoms with van der Waals surface area (Å²) in [6.45, 7) is 2.41. The minimum Gasteiger partial charge on any atom is -0.352 e. The molecule has 0 saturated heterocycles. The van der Waals surface area contributed by atoms with Gasteiger partial charge in [0.05, 0.1) is 0 Å². The van der Waals surface area contributed by atoms with Gasteiger partial charge >= 0.3 is 0 Å². The molecule has 0 saturated carbocycles. The van der Waals surface area contributed by atoms with Crippen molar-refractivity contribution in [1.82, 2.24) is 5.32 Å². The van der Waals surface area contributed by atoms with E-state index in [1.54, 1.807) is 18.2 Å². The van der Waals surface area contributed by atoms with E-state index >= 15 is 0 Å². The number of halogens is 1. The lowest BCUT2D eigenvalue weighted by Crippen LogP contribution is -2.27. The molecule has 2 aromatic carbocycles. The van der Waals surface area contributed by atoms with Crippen LogP contribution in [0.3, 0.4) is 0 Å². The Hall–Kier alpha value is -1.84. The third kappa shape index (κ3) is 4.31. The number of nitrogens with two attached hydrogens (primary N) is 1. The van der Waals surface area contributed by atoms with Crippen molar-refractivity contribution < 1.29 is 4.79 Å². The van der Waals surface area contributed by atoms with Gasteiger partial charge in [0.2, 0.25) is 0 Å². The molecule has 0 fully saturated rings. The lowest BCUT2D eigenvalue weighted by molar-refractivity contribution is 0.0952. The topological polar surface area (TPSA) is 55.1 Å². The number of carbonyl (C=O) groups excluding carboxylic acids is 1. The van der Waals surface area contributed by atoms with Crippen molar-refractivity contribution in [3.05, 3.63) is 70.2 Å². The molecule has 1 amide bonds. The Morgan fingerprint density at radius 2 is 1.95 bits per heavy atom. The summed E-state index contributed by atoms with van der Waals surface area (Å²) in [4.78, 5) is 12.1. The molecule has 0 bridgehead atoms. The first-order valence-corrected chi connectivity index (χ1v) is 7.30. The van der Waals surface area contributed by atoms with Gasteiger partial charge in [-0.3, -0.25) is 4.79 Å². The van der Waals surface area contributed by atoms with Crippen LogP contribution in [0.15, 0.2) is 48.5 Å². The molecule has 21 heavy (non-hydrogen) atoms. The third-order valence-electron chi connectivity index (χ3n) is 3.40. The summed E-state index contributed by atoms with van der Waals surface area (Å²) in [5, 5.41) is 3.53. The van der Waals surface area contributed by atoms with Crippen LogP contribution in [0.25, 0.3) is 0 Å². The Morgan fingerprint density at radius 1 is 1.24 bits per heavy atom. The summed E-state index contributed by atoms with van der Waals surface area (Å²) in [7, 11) is 0. The highest BCUT2D eigenvalue weighted by Crippen LogP contribution is 2.16. The van der Waals surface area contributed by atoms with Crippen LogP contribution in [0.5, 0.6) is 0 Å². The number of rotatable bonds is 5. The number of amides is 1. The maximum Gasteiger partial charge on any atom is 0.251 e. The second kappa shape index (κ2) is 7.25. The lowest BCUT2D eigenvalue weighted by atomic mass is 10.0. The van der Waals surface area contributed by atoms with Gasteiger partial charge < -0.3 is 11.1 Å². The van der Waals surface area contributed by atoms with Crippen molar-refractivity contribution in [2.45, 2.75) is 19.4 Å². The molecule has 0 aliphatic rings. The standard InChI is InChI=1S/C17H19ClN2O/c1-12-11-14(18)7-8-15(12)17(21)20-10-9-16(19)13-5-3-2-4-6-13/h2-8,11,16H,9-10,19H2,1H3,(H,20,21). The van der Waals surface area contributed by atoms with Crippen LogP contribution in [-0.4, -0.2) is 12.5 Å². The average molecular weight is 303 g/mol. The quantitative estimate of drug-likeness (QED) is 0.888. The van der Waals surface area contributed by atoms with Gasteiger partial charge in [-0.2, -0.15) is 0 Å². The Balaban J connectivity index is 1.87. The molecule has 110 valence electrons. The summed E-state index contributed by atoms with van der Waals surface area (Å²) >= 11 is 5.89. The maximum absolute atomic E-state index is 12.1. The normalized spacial score (nSPS) is 12.0. The van der Waals surface area contributed by atoms with Crippen LogP contribution >= 0.6 is 11.6 Å². The molecule has 0 aliphatic carbocycles. The molecule has 4 heteroatoms. The third-order valence-corrected chi connectivity index (χ3v) is 3.64. The second-order valence-corrected chi connectivity index (χ2v) is 5.46. The van der Waals surface area contributed by atoms with E-state index in [9.17, 15) is 4.79 Å². The Kier molecular flexibility index (Phi) is 5.37. The number of nitrogens with one attached hydrogen (secondary N) is 1. The maximum atomic E-state index is 12.1. The summed E-state index contributed by atoms with van der Waals surface area (Å²) in [5.74, 6) is -0.0931. The van der Waals surface area contributed by atoms with Crippen LogP contribution in [-0.2, 0) is 0 Å². The zero-order valence-corrected chi connectivity index (χ0v) is 12.7. The van der Waals surface area contributed by atoms with Crippen LogP contribution in [0.2, 0.25) is 5.02 Å². The van der Waals surface area contributed by atoms with Crippen molar-refractivity contribution in [3.8, 4) is 0 Å². The summed E-state index contributed by atoms with van der Waals surface area (Å²) in [6.07, 6.45) is 0.697. The fourth-order valence-corrected chi connectivity index (χ4v) is 2.41. The minimum atomic E-state index is -0.0931. The summed E-state index contributed by atoms with van der Waals surface area (Å²) < 4.78 is 0. The van der Waals surface area contributed by atoms with Crippen molar-refractivity contribution in [2.24, 2.45) is 5.73 Å². The van der Waals surface area contributed by atoms with E-state index in [1.165, 1.54) is 0 Å². The first-order chi connectivity index (χ1) is 10.1. The molecule has 2 aromatic rings. The first kappa shape index (κ1) is 15.5. The van der Waals surface area contributed by atoms with E-state index in [1.807, 2.05) is 37.3 Å². The van der Waals surface area contributed by atoms with Crippen molar-refractivity contribution in [1.29, 1.82) is 0 Å². The second-order valence-electron chi connectivity index (χ2n) is 5.02. The molecule has 0 aromatic heterocycles. The van der Waals surface area contributed by atoms with Crippen molar-refractivity contribution in [3.63, 3.8) is 0 Å².